The second kappa shape index (κ2) is 5.38. The number of nitrogens with zero attached hydrogens (tertiary/aromatic N) is 1. The normalized spacial score (nSPS) is 28.4. The zero-order valence-electron chi connectivity index (χ0n) is 11.4. The van der Waals surface area contributed by atoms with E-state index in [4.69, 9.17) is 15.9 Å². The van der Waals surface area contributed by atoms with E-state index in [1.165, 1.54) is 4.31 Å². The number of amidine groups is 1. The van der Waals surface area contributed by atoms with Crippen LogP contribution in [0.2, 0.25) is 0 Å². The van der Waals surface area contributed by atoms with E-state index >= 15 is 0 Å². The van der Waals surface area contributed by atoms with Crippen molar-refractivity contribution in [1.29, 1.82) is 5.41 Å². The summed E-state index contributed by atoms with van der Waals surface area (Å²) in [6.45, 7) is 3.50. The van der Waals surface area contributed by atoms with Gasteiger partial charge in [0.15, 0.2) is 0 Å². The minimum Gasteiger partial charge on any atom is -0.387 e. The summed E-state index contributed by atoms with van der Waals surface area (Å²) in [5, 5.41) is 7.58. The van der Waals surface area contributed by atoms with E-state index in [9.17, 15) is 8.42 Å². The van der Waals surface area contributed by atoms with Crippen LogP contribution in [0.1, 0.15) is 32.6 Å². The van der Waals surface area contributed by atoms with Crippen LogP contribution < -0.4 is 5.73 Å². The number of hydrogen-bond donors (Lipinski definition) is 2. The van der Waals surface area contributed by atoms with Crippen LogP contribution in [0.4, 0.5) is 0 Å². The van der Waals surface area contributed by atoms with Crippen molar-refractivity contribution in [1.82, 2.24) is 4.31 Å². The van der Waals surface area contributed by atoms with Crippen molar-refractivity contribution in [2.75, 3.05) is 25.4 Å². The second-order valence-electron chi connectivity index (χ2n) is 5.79. The van der Waals surface area contributed by atoms with Crippen LogP contribution in [0, 0.1) is 10.8 Å². The van der Waals surface area contributed by atoms with Gasteiger partial charge < -0.3 is 10.5 Å². The Morgan fingerprint density at radius 1 is 1.47 bits per heavy atom. The minimum atomic E-state index is -3.25. The van der Waals surface area contributed by atoms with Gasteiger partial charge in [-0.05, 0) is 25.7 Å². The number of piperidine rings is 1. The van der Waals surface area contributed by atoms with Crippen LogP contribution in [-0.4, -0.2) is 50.1 Å². The van der Waals surface area contributed by atoms with Crippen LogP contribution in [0.25, 0.3) is 0 Å². The van der Waals surface area contributed by atoms with Gasteiger partial charge in [0.2, 0.25) is 10.0 Å². The molecule has 0 bridgehead atoms. The van der Waals surface area contributed by atoms with Gasteiger partial charge in [0.25, 0.3) is 0 Å². The number of nitrogens with one attached hydrogen (secondary N) is 1. The number of hydrogen-bond acceptors (Lipinski definition) is 4. The van der Waals surface area contributed by atoms with E-state index in [0.717, 1.165) is 12.8 Å². The van der Waals surface area contributed by atoms with Crippen LogP contribution in [-0.2, 0) is 14.8 Å². The Hall–Kier alpha value is -0.660. The Bertz CT molecular complexity index is 435. The van der Waals surface area contributed by atoms with Crippen LogP contribution in [0.15, 0.2) is 0 Å². The number of nitrogens with two attached hydrogens (primary N) is 1. The Kier molecular flexibility index (Phi) is 4.17. The molecule has 0 amide bonds. The third-order valence-electron chi connectivity index (χ3n) is 4.29. The van der Waals surface area contributed by atoms with Crippen molar-refractivity contribution >= 4 is 15.9 Å². The molecule has 2 aliphatic rings. The fourth-order valence-corrected chi connectivity index (χ4v) is 4.33. The van der Waals surface area contributed by atoms with E-state index in [-0.39, 0.29) is 23.1 Å². The molecule has 1 atom stereocenters. The molecular weight excluding hydrogens is 266 g/mol. The molecule has 2 fully saturated rings. The quantitative estimate of drug-likeness (QED) is 0.583. The van der Waals surface area contributed by atoms with Crippen molar-refractivity contribution in [2.45, 2.75) is 38.7 Å². The van der Waals surface area contributed by atoms with Gasteiger partial charge in [0.05, 0.1) is 17.7 Å². The Balaban J connectivity index is 1.94. The van der Waals surface area contributed by atoms with Crippen molar-refractivity contribution < 1.29 is 13.2 Å². The lowest BCUT2D eigenvalue weighted by Crippen LogP contribution is -2.48. The zero-order chi connectivity index (χ0) is 14.1. The summed E-state index contributed by atoms with van der Waals surface area (Å²) in [4.78, 5) is 0. The molecule has 2 heterocycles. The topological polar surface area (TPSA) is 96.5 Å². The SMILES string of the molecule is CC1(C(=N)N)CCN(S(=O)(=O)CC2CCCO2)CC1. The summed E-state index contributed by atoms with van der Waals surface area (Å²) in [6.07, 6.45) is 2.87. The Labute approximate surface area is 114 Å². The molecule has 7 heteroatoms. The molecule has 0 aromatic carbocycles. The highest BCUT2D eigenvalue weighted by atomic mass is 32.2. The predicted molar refractivity (Wildman–Crippen MR) is 73.6 cm³/mol. The van der Waals surface area contributed by atoms with Crippen molar-refractivity contribution in [3.63, 3.8) is 0 Å². The molecule has 0 aliphatic carbocycles. The van der Waals surface area contributed by atoms with Crippen molar-refractivity contribution in [3.8, 4) is 0 Å². The van der Waals surface area contributed by atoms with E-state index in [0.29, 0.717) is 32.5 Å². The Morgan fingerprint density at radius 3 is 2.58 bits per heavy atom. The standard InChI is InChI=1S/C12H23N3O3S/c1-12(11(13)14)4-6-15(7-5-12)19(16,17)9-10-3-2-8-18-10/h10H,2-9H2,1H3,(H3,13,14). The van der Waals surface area contributed by atoms with Crippen molar-refractivity contribution in [3.05, 3.63) is 0 Å². The molecule has 6 nitrogen and oxygen atoms in total. The summed E-state index contributed by atoms with van der Waals surface area (Å²) in [5.74, 6) is 0.243. The number of ether oxygens (including phenoxy) is 1. The Morgan fingerprint density at radius 2 is 2.11 bits per heavy atom. The fraction of sp³-hybridized carbons (Fsp3) is 0.917. The molecular formula is C12H23N3O3S. The molecule has 0 aromatic heterocycles. The summed E-state index contributed by atoms with van der Waals surface area (Å²) < 4.78 is 31.5. The van der Waals surface area contributed by atoms with Gasteiger partial charge in [-0.3, -0.25) is 5.41 Å². The predicted octanol–water partition coefficient (Wildman–Crippen LogP) is 0.533. The molecule has 2 aliphatic heterocycles. The van der Waals surface area contributed by atoms with Gasteiger partial charge in [0.1, 0.15) is 0 Å². The molecule has 3 N–H and O–H groups in total. The second-order valence-corrected chi connectivity index (χ2v) is 7.80. The van der Waals surface area contributed by atoms with E-state index < -0.39 is 10.0 Å². The van der Waals surface area contributed by atoms with E-state index in [1.54, 1.807) is 0 Å². The first-order valence-electron chi connectivity index (χ1n) is 6.77. The van der Waals surface area contributed by atoms with Crippen LogP contribution in [0.3, 0.4) is 0 Å². The largest absolute Gasteiger partial charge is 0.387 e. The fourth-order valence-electron chi connectivity index (χ4n) is 2.64. The number of sulfonamides is 1. The van der Waals surface area contributed by atoms with Gasteiger partial charge in [-0.15, -0.1) is 0 Å². The highest BCUT2D eigenvalue weighted by Gasteiger charge is 2.37. The maximum atomic E-state index is 12.3. The van der Waals surface area contributed by atoms with Gasteiger partial charge in [-0.1, -0.05) is 6.92 Å². The van der Waals surface area contributed by atoms with Crippen LogP contribution in [0.5, 0.6) is 0 Å². The van der Waals surface area contributed by atoms with Gasteiger partial charge >= 0.3 is 0 Å². The molecule has 1 unspecified atom stereocenters. The minimum absolute atomic E-state index is 0.0871. The third kappa shape index (κ3) is 3.27. The first kappa shape index (κ1) is 14.7. The molecule has 0 aromatic rings. The van der Waals surface area contributed by atoms with Crippen molar-refractivity contribution in [2.24, 2.45) is 11.1 Å². The highest BCUT2D eigenvalue weighted by Crippen LogP contribution is 2.32. The lowest BCUT2D eigenvalue weighted by Gasteiger charge is -2.38. The molecule has 19 heavy (non-hydrogen) atoms. The number of rotatable bonds is 4. The molecule has 2 rings (SSSR count). The smallest absolute Gasteiger partial charge is 0.216 e. The summed E-state index contributed by atoms with van der Waals surface area (Å²) in [6, 6.07) is 0. The molecule has 0 saturated carbocycles. The summed E-state index contributed by atoms with van der Waals surface area (Å²) in [7, 11) is -3.25. The zero-order valence-corrected chi connectivity index (χ0v) is 12.2. The van der Waals surface area contributed by atoms with Gasteiger partial charge in [0, 0.05) is 25.1 Å². The van der Waals surface area contributed by atoms with Gasteiger partial charge in [-0.2, -0.15) is 0 Å². The summed E-state index contributed by atoms with van der Waals surface area (Å²) in [5.41, 5.74) is 5.23. The van der Waals surface area contributed by atoms with Crippen LogP contribution >= 0.6 is 0 Å². The van der Waals surface area contributed by atoms with E-state index in [1.807, 2.05) is 6.92 Å². The summed E-state index contributed by atoms with van der Waals surface area (Å²) >= 11 is 0. The lowest BCUT2D eigenvalue weighted by atomic mass is 9.80. The first-order chi connectivity index (χ1) is 8.83. The molecule has 0 radical (unpaired) electrons. The maximum Gasteiger partial charge on any atom is 0.216 e. The third-order valence-corrected chi connectivity index (χ3v) is 6.24. The molecule has 2 saturated heterocycles. The average Bonchev–Trinajstić information content (AvgIpc) is 2.81. The van der Waals surface area contributed by atoms with E-state index in [2.05, 4.69) is 0 Å². The maximum absolute atomic E-state index is 12.3. The molecule has 0 spiro atoms. The monoisotopic (exact) mass is 289 g/mol. The molecule has 110 valence electrons. The first-order valence-corrected chi connectivity index (χ1v) is 8.38. The lowest BCUT2D eigenvalue weighted by molar-refractivity contribution is 0.125. The average molecular weight is 289 g/mol. The van der Waals surface area contributed by atoms with Gasteiger partial charge in [-0.25, -0.2) is 12.7 Å². The highest BCUT2D eigenvalue weighted by molar-refractivity contribution is 7.89.